The number of ether oxygens (including phenoxy) is 1. The second kappa shape index (κ2) is 5.79. The molecule has 5 heteroatoms. The summed E-state index contributed by atoms with van der Waals surface area (Å²) in [6.07, 6.45) is 0. The number of primary amides is 1. The first kappa shape index (κ1) is 12.9. The van der Waals surface area contributed by atoms with Crippen LogP contribution in [0.25, 0.3) is 5.70 Å². The van der Waals surface area contributed by atoms with Gasteiger partial charge in [0, 0.05) is 6.92 Å². The van der Waals surface area contributed by atoms with Gasteiger partial charge in [-0.15, -0.1) is 0 Å². The molecule has 1 aromatic rings. The summed E-state index contributed by atoms with van der Waals surface area (Å²) >= 11 is 0. The van der Waals surface area contributed by atoms with Crippen molar-refractivity contribution in [1.29, 1.82) is 0 Å². The first-order valence-electron chi connectivity index (χ1n) is 4.90. The van der Waals surface area contributed by atoms with Crippen molar-refractivity contribution in [2.45, 2.75) is 6.92 Å². The van der Waals surface area contributed by atoms with Crippen molar-refractivity contribution >= 4 is 17.5 Å². The zero-order chi connectivity index (χ0) is 12.8. The summed E-state index contributed by atoms with van der Waals surface area (Å²) < 4.78 is 17.6. The molecule has 0 bridgehead atoms. The third kappa shape index (κ3) is 4.46. The molecule has 1 aromatic carbocycles. The monoisotopic (exact) mass is 236 g/mol. The Kier molecular flexibility index (Phi) is 4.39. The summed E-state index contributed by atoms with van der Waals surface area (Å²) in [7, 11) is 0. The van der Waals surface area contributed by atoms with E-state index in [-0.39, 0.29) is 18.3 Å². The molecule has 0 aliphatic rings. The molecule has 4 nitrogen and oxygen atoms in total. The molecule has 0 aromatic heterocycles. The van der Waals surface area contributed by atoms with Gasteiger partial charge in [0.1, 0.15) is 5.82 Å². The Labute approximate surface area is 98.6 Å². The maximum Gasteiger partial charge on any atom is 0.255 e. The Hall–Kier alpha value is -2.17. The van der Waals surface area contributed by atoms with Crippen LogP contribution in [0.2, 0.25) is 0 Å². The van der Waals surface area contributed by atoms with Gasteiger partial charge in [0.15, 0.2) is 12.5 Å². The number of nitrogens with zero attached hydrogens (tertiary/aromatic N) is 1. The molecule has 0 saturated carbocycles. The molecule has 0 heterocycles. The van der Waals surface area contributed by atoms with Crippen molar-refractivity contribution in [3.63, 3.8) is 0 Å². The Balaban J connectivity index is 2.67. The highest BCUT2D eigenvalue weighted by Crippen LogP contribution is 2.14. The second-order valence-corrected chi connectivity index (χ2v) is 3.34. The maximum atomic E-state index is 12.7. The van der Waals surface area contributed by atoms with E-state index < -0.39 is 5.91 Å². The van der Waals surface area contributed by atoms with Crippen molar-refractivity contribution in [3.05, 3.63) is 42.2 Å². The molecular weight excluding hydrogens is 223 g/mol. The summed E-state index contributed by atoms with van der Waals surface area (Å²) in [5.41, 5.74) is 6.01. The molecule has 1 rings (SSSR count). The average molecular weight is 236 g/mol. The summed E-state index contributed by atoms with van der Waals surface area (Å²) in [6.45, 7) is 5.07. The lowest BCUT2D eigenvalue weighted by molar-refractivity contribution is -0.120. The van der Waals surface area contributed by atoms with Crippen LogP contribution in [0.5, 0.6) is 0 Å². The fraction of sp³-hybridized carbons (Fsp3) is 0.167. The maximum absolute atomic E-state index is 12.7. The van der Waals surface area contributed by atoms with E-state index in [1.54, 1.807) is 19.1 Å². The molecule has 2 N–H and O–H groups in total. The Morgan fingerprint density at radius 3 is 2.59 bits per heavy atom. The fourth-order valence-electron chi connectivity index (χ4n) is 1.10. The van der Waals surface area contributed by atoms with E-state index in [4.69, 9.17) is 10.5 Å². The number of hydrogen-bond acceptors (Lipinski definition) is 3. The van der Waals surface area contributed by atoms with Gasteiger partial charge in [0.2, 0.25) is 0 Å². The van der Waals surface area contributed by atoms with E-state index in [9.17, 15) is 9.18 Å². The van der Waals surface area contributed by atoms with Crippen LogP contribution >= 0.6 is 0 Å². The zero-order valence-corrected chi connectivity index (χ0v) is 9.44. The molecule has 0 radical (unpaired) electrons. The predicted molar refractivity (Wildman–Crippen MR) is 63.7 cm³/mol. The molecule has 0 fully saturated rings. The van der Waals surface area contributed by atoms with Crippen LogP contribution in [-0.4, -0.2) is 18.4 Å². The SMILES string of the molecule is C=C(N=C(C)OCC(N)=O)c1ccc(F)cc1. The number of amides is 1. The number of carbonyl (C=O) groups excluding carboxylic acids is 1. The number of nitrogens with two attached hydrogens (primary N) is 1. The average Bonchev–Trinajstić information content (AvgIpc) is 2.27. The van der Waals surface area contributed by atoms with E-state index in [1.165, 1.54) is 12.1 Å². The highest BCUT2D eigenvalue weighted by molar-refractivity contribution is 5.84. The number of benzene rings is 1. The summed E-state index contributed by atoms with van der Waals surface area (Å²) in [4.78, 5) is 14.5. The third-order valence-corrected chi connectivity index (χ3v) is 1.89. The van der Waals surface area contributed by atoms with Crippen molar-refractivity contribution in [1.82, 2.24) is 0 Å². The number of carbonyl (C=O) groups is 1. The van der Waals surface area contributed by atoms with E-state index in [0.717, 1.165) is 0 Å². The molecular formula is C12H13FN2O2. The van der Waals surface area contributed by atoms with Crippen LogP contribution in [-0.2, 0) is 9.53 Å². The highest BCUT2D eigenvalue weighted by Gasteiger charge is 2.01. The Morgan fingerprint density at radius 1 is 1.47 bits per heavy atom. The van der Waals surface area contributed by atoms with Crippen LogP contribution in [0.1, 0.15) is 12.5 Å². The lowest BCUT2D eigenvalue weighted by Crippen LogP contribution is -2.19. The van der Waals surface area contributed by atoms with Gasteiger partial charge in [-0.2, -0.15) is 0 Å². The minimum atomic E-state index is -0.577. The van der Waals surface area contributed by atoms with Gasteiger partial charge in [0.25, 0.3) is 5.91 Å². The van der Waals surface area contributed by atoms with E-state index >= 15 is 0 Å². The molecule has 17 heavy (non-hydrogen) atoms. The summed E-state index contributed by atoms with van der Waals surface area (Å²) in [6, 6.07) is 5.75. The highest BCUT2D eigenvalue weighted by atomic mass is 19.1. The van der Waals surface area contributed by atoms with Crippen molar-refractivity contribution in [2.24, 2.45) is 10.7 Å². The number of aliphatic imine (C=N–C) groups is 1. The van der Waals surface area contributed by atoms with Gasteiger partial charge in [-0.25, -0.2) is 9.38 Å². The molecule has 0 saturated heterocycles. The van der Waals surface area contributed by atoms with Gasteiger partial charge in [-0.3, -0.25) is 4.79 Å². The van der Waals surface area contributed by atoms with Crippen LogP contribution in [0.3, 0.4) is 0 Å². The molecule has 0 unspecified atom stereocenters. The standard InChI is InChI=1S/C12H13FN2O2/c1-8(10-3-5-11(13)6-4-10)15-9(2)17-7-12(14)16/h3-6H,1,7H2,2H3,(H2,14,16). The molecule has 0 atom stereocenters. The number of hydrogen-bond donors (Lipinski definition) is 1. The molecule has 0 aliphatic heterocycles. The number of rotatable bonds is 4. The molecule has 90 valence electrons. The van der Waals surface area contributed by atoms with Crippen molar-refractivity contribution < 1.29 is 13.9 Å². The fourth-order valence-corrected chi connectivity index (χ4v) is 1.10. The van der Waals surface area contributed by atoms with Crippen molar-refractivity contribution in [3.8, 4) is 0 Å². The zero-order valence-electron chi connectivity index (χ0n) is 9.44. The van der Waals surface area contributed by atoms with Gasteiger partial charge >= 0.3 is 0 Å². The summed E-state index contributed by atoms with van der Waals surface area (Å²) in [5.74, 6) is -0.628. The van der Waals surface area contributed by atoms with Gasteiger partial charge < -0.3 is 10.5 Å². The lowest BCUT2D eigenvalue weighted by atomic mass is 10.2. The summed E-state index contributed by atoms with van der Waals surface area (Å²) in [5, 5.41) is 0. The molecule has 0 aliphatic carbocycles. The van der Waals surface area contributed by atoms with Gasteiger partial charge in [-0.05, 0) is 29.8 Å². The quantitative estimate of drug-likeness (QED) is 0.639. The Morgan fingerprint density at radius 2 is 2.06 bits per heavy atom. The predicted octanol–water partition coefficient (Wildman–Crippen LogP) is 1.72. The van der Waals surface area contributed by atoms with E-state index in [2.05, 4.69) is 11.6 Å². The third-order valence-electron chi connectivity index (χ3n) is 1.89. The van der Waals surface area contributed by atoms with Crippen LogP contribution in [0.4, 0.5) is 4.39 Å². The van der Waals surface area contributed by atoms with E-state index in [0.29, 0.717) is 11.3 Å². The first-order valence-corrected chi connectivity index (χ1v) is 4.90. The largest absolute Gasteiger partial charge is 0.471 e. The molecule has 1 amide bonds. The van der Waals surface area contributed by atoms with Gasteiger partial charge in [-0.1, -0.05) is 6.58 Å². The van der Waals surface area contributed by atoms with E-state index in [1.807, 2.05) is 0 Å². The van der Waals surface area contributed by atoms with Crippen LogP contribution in [0.15, 0.2) is 35.8 Å². The minimum Gasteiger partial charge on any atom is -0.471 e. The topological polar surface area (TPSA) is 64.7 Å². The molecule has 0 spiro atoms. The van der Waals surface area contributed by atoms with Crippen LogP contribution < -0.4 is 5.73 Å². The van der Waals surface area contributed by atoms with Crippen molar-refractivity contribution in [2.75, 3.05) is 6.61 Å². The smallest absolute Gasteiger partial charge is 0.255 e. The first-order chi connectivity index (χ1) is 7.99. The Bertz CT molecular complexity index is 452. The minimum absolute atomic E-state index is 0.230. The van der Waals surface area contributed by atoms with Crippen LogP contribution in [0, 0.1) is 5.82 Å². The lowest BCUT2D eigenvalue weighted by Gasteiger charge is -2.04. The van der Waals surface area contributed by atoms with Gasteiger partial charge in [0.05, 0.1) is 5.70 Å². The normalized spacial score (nSPS) is 11.1. The second-order valence-electron chi connectivity index (χ2n) is 3.34. The number of halogens is 1.